The summed E-state index contributed by atoms with van der Waals surface area (Å²) in [7, 11) is 0. The van der Waals surface area contributed by atoms with Gasteiger partial charge in [-0.1, -0.05) is 31.9 Å². The highest BCUT2D eigenvalue weighted by Gasteiger charge is 2.31. The minimum atomic E-state index is -0.229. The predicted molar refractivity (Wildman–Crippen MR) is 122 cm³/mol. The second-order valence-corrected chi connectivity index (χ2v) is 8.83. The van der Waals surface area contributed by atoms with Crippen LogP contribution < -0.4 is 5.56 Å². The molecule has 1 atom stereocenters. The number of hydrogen-bond donors (Lipinski definition) is 2. The zero-order valence-electron chi connectivity index (χ0n) is 19.2. The van der Waals surface area contributed by atoms with E-state index in [0.717, 1.165) is 41.6 Å². The zero-order chi connectivity index (χ0) is 22.6. The maximum absolute atomic E-state index is 12.8. The maximum Gasteiger partial charge on any atom is 0.252 e. The molecule has 0 bridgehead atoms. The van der Waals surface area contributed by atoms with Gasteiger partial charge in [0, 0.05) is 24.2 Å². The molecule has 3 aromatic rings. The molecule has 0 aliphatic rings. The van der Waals surface area contributed by atoms with Crippen LogP contribution in [0.4, 0.5) is 0 Å². The number of fused-ring (bicyclic) bond motifs is 1. The second-order valence-electron chi connectivity index (χ2n) is 8.83. The van der Waals surface area contributed by atoms with E-state index in [-0.39, 0.29) is 23.7 Å². The summed E-state index contributed by atoms with van der Waals surface area (Å²) in [6.45, 7) is 11.3. The van der Waals surface area contributed by atoms with Crippen molar-refractivity contribution in [1.29, 1.82) is 0 Å². The molecule has 31 heavy (non-hydrogen) atoms. The number of aryl methyl sites for hydroxylation is 1. The fraction of sp³-hybridized carbons (Fsp3) is 0.565. The summed E-state index contributed by atoms with van der Waals surface area (Å²) in [5.74, 6) is 0.773. The fourth-order valence-corrected chi connectivity index (χ4v) is 3.91. The highest BCUT2D eigenvalue weighted by molar-refractivity contribution is 5.79. The average molecular weight is 427 g/mol. The van der Waals surface area contributed by atoms with Crippen LogP contribution in [0.1, 0.15) is 70.0 Å². The van der Waals surface area contributed by atoms with Crippen molar-refractivity contribution in [2.75, 3.05) is 13.2 Å². The molecule has 8 nitrogen and oxygen atoms in total. The number of H-pyrrole nitrogens is 1. The van der Waals surface area contributed by atoms with Gasteiger partial charge in [-0.2, -0.15) is 0 Å². The predicted octanol–water partition coefficient (Wildman–Crippen LogP) is 3.30. The van der Waals surface area contributed by atoms with Gasteiger partial charge in [-0.05, 0) is 67.6 Å². The number of tetrazole rings is 1. The normalized spacial score (nSPS) is 13.3. The Balaban J connectivity index is 2.02. The van der Waals surface area contributed by atoms with Crippen molar-refractivity contribution < 1.29 is 5.11 Å². The molecule has 0 spiro atoms. The molecule has 0 aliphatic carbocycles. The first-order valence-corrected chi connectivity index (χ1v) is 11.1. The highest BCUT2D eigenvalue weighted by Crippen LogP contribution is 2.29. The van der Waals surface area contributed by atoms with Crippen LogP contribution in [0.3, 0.4) is 0 Å². The molecule has 0 amide bonds. The van der Waals surface area contributed by atoms with Crippen molar-refractivity contribution in [2.24, 2.45) is 0 Å². The van der Waals surface area contributed by atoms with E-state index < -0.39 is 0 Å². The molecule has 8 heteroatoms. The number of benzene rings is 1. The molecular weight excluding hydrogens is 392 g/mol. The molecule has 0 fully saturated rings. The Morgan fingerprint density at radius 1 is 1.26 bits per heavy atom. The maximum atomic E-state index is 12.8. The Labute approximate surface area is 183 Å². The highest BCUT2D eigenvalue weighted by atomic mass is 16.3. The molecule has 1 aromatic carbocycles. The Bertz CT molecular complexity index is 1070. The minimum absolute atomic E-state index is 0.0104. The summed E-state index contributed by atoms with van der Waals surface area (Å²) in [5, 5.41) is 23.4. The Morgan fingerprint density at radius 3 is 2.71 bits per heavy atom. The molecule has 2 heterocycles. The molecule has 2 aromatic heterocycles. The number of rotatable bonds is 10. The lowest BCUT2D eigenvalue weighted by atomic mass is 10.0. The number of nitrogens with one attached hydrogen (secondary N) is 1. The van der Waals surface area contributed by atoms with Crippen LogP contribution in [0, 0.1) is 6.92 Å². The average Bonchev–Trinajstić information content (AvgIpc) is 3.23. The van der Waals surface area contributed by atoms with Crippen LogP contribution in [-0.2, 0) is 12.1 Å². The number of aromatic nitrogens is 5. The van der Waals surface area contributed by atoms with Gasteiger partial charge in [-0.3, -0.25) is 9.69 Å². The van der Waals surface area contributed by atoms with Gasteiger partial charge < -0.3 is 10.1 Å². The topological polar surface area (TPSA) is 99.9 Å². The Hall–Kier alpha value is -2.58. The number of aromatic amines is 1. The summed E-state index contributed by atoms with van der Waals surface area (Å²) >= 11 is 0. The lowest BCUT2D eigenvalue weighted by molar-refractivity contribution is 0.122. The van der Waals surface area contributed by atoms with Gasteiger partial charge in [0.2, 0.25) is 0 Å². The second kappa shape index (κ2) is 9.70. The number of aliphatic hydroxyl groups is 1. The number of pyridine rings is 1. The van der Waals surface area contributed by atoms with Crippen molar-refractivity contribution in [3.63, 3.8) is 0 Å². The zero-order valence-corrected chi connectivity index (χ0v) is 19.2. The summed E-state index contributed by atoms with van der Waals surface area (Å²) in [5.41, 5.74) is 2.30. The molecule has 168 valence electrons. The summed E-state index contributed by atoms with van der Waals surface area (Å²) < 4.78 is 1.89. The van der Waals surface area contributed by atoms with Crippen molar-refractivity contribution in [2.45, 2.75) is 72.0 Å². The van der Waals surface area contributed by atoms with E-state index >= 15 is 0 Å². The third-order valence-corrected chi connectivity index (χ3v) is 6.07. The van der Waals surface area contributed by atoms with Crippen molar-refractivity contribution in [1.82, 2.24) is 30.1 Å². The Morgan fingerprint density at radius 2 is 2.03 bits per heavy atom. The SMILES string of the molecule is CCC[C@H](c1nnnn1C(C)(C)CC)N(CCO)Cc1cc2cc(C)ccc2[nH]c1=O. The van der Waals surface area contributed by atoms with Crippen molar-refractivity contribution in [3.8, 4) is 0 Å². The molecule has 0 aliphatic heterocycles. The third kappa shape index (κ3) is 5.02. The smallest absolute Gasteiger partial charge is 0.252 e. The first-order chi connectivity index (χ1) is 14.8. The largest absolute Gasteiger partial charge is 0.395 e. The fourth-order valence-electron chi connectivity index (χ4n) is 3.91. The van der Waals surface area contributed by atoms with Crippen molar-refractivity contribution >= 4 is 10.9 Å². The van der Waals surface area contributed by atoms with Gasteiger partial charge >= 0.3 is 0 Å². The standard InChI is InChI=1S/C23H34N6O2/c1-6-8-20(21-25-26-27-29(21)23(4,5)7-2)28(11-12-30)15-18-14-17-13-16(3)9-10-19(17)24-22(18)31/h9-10,13-14,20,30H,6-8,11-12,15H2,1-5H3,(H,24,31)/t20-/m1/s1. The van der Waals surface area contributed by atoms with E-state index in [4.69, 9.17) is 0 Å². The van der Waals surface area contributed by atoms with Gasteiger partial charge in [-0.15, -0.1) is 5.10 Å². The molecule has 0 saturated heterocycles. The quantitative estimate of drug-likeness (QED) is 0.516. The molecular formula is C23H34N6O2. The molecule has 0 unspecified atom stereocenters. The van der Waals surface area contributed by atoms with Crippen LogP contribution in [0.25, 0.3) is 10.9 Å². The summed E-state index contributed by atoms with van der Waals surface area (Å²) in [6, 6.07) is 7.84. The van der Waals surface area contributed by atoms with E-state index in [1.807, 2.05) is 29.8 Å². The van der Waals surface area contributed by atoms with E-state index in [1.165, 1.54) is 0 Å². The van der Waals surface area contributed by atoms with Gasteiger partial charge in [0.1, 0.15) is 0 Å². The van der Waals surface area contributed by atoms with Crippen molar-refractivity contribution in [3.05, 3.63) is 51.6 Å². The van der Waals surface area contributed by atoms with Crippen LogP contribution in [0.15, 0.2) is 29.1 Å². The van der Waals surface area contributed by atoms with Crippen LogP contribution in [0.5, 0.6) is 0 Å². The van der Waals surface area contributed by atoms with E-state index in [9.17, 15) is 9.90 Å². The lowest BCUT2D eigenvalue weighted by Gasteiger charge is -2.33. The van der Waals surface area contributed by atoms with Gasteiger partial charge in [-0.25, -0.2) is 4.68 Å². The van der Waals surface area contributed by atoms with E-state index in [0.29, 0.717) is 18.7 Å². The molecule has 3 rings (SSSR count). The Kier molecular flexibility index (Phi) is 7.23. The first-order valence-electron chi connectivity index (χ1n) is 11.1. The molecule has 2 N–H and O–H groups in total. The molecule has 0 radical (unpaired) electrons. The number of aliphatic hydroxyl groups excluding tert-OH is 1. The number of nitrogens with zero attached hydrogens (tertiary/aromatic N) is 5. The summed E-state index contributed by atoms with van der Waals surface area (Å²) in [4.78, 5) is 17.9. The van der Waals surface area contributed by atoms with Gasteiger partial charge in [0.25, 0.3) is 5.56 Å². The molecule has 0 saturated carbocycles. The lowest BCUT2D eigenvalue weighted by Crippen LogP contribution is -2.37. The third-order valence-electron chi connectivity index (χ3n) is 6.07. The number of hydrogen-bond acceptors (Lipinski definition) is 6. The van der Waals surface area contributed by atoms with E-state index in [1.54, 1.807) is 0 Å². The minimum Gasteiger partial charge on any atom is -0.395 e. The monoisotopic (exact) mass is 426 g/mol. The van der Waals surface area contributed by atoms with Gasteiger partial charge in [0.05, 0.1) is 18.2 Å². The van der Waals surface area contributed by atoms with Crippen LogP contribution >= 0.6 is 0 Å². The van der Waals surface area contributed by atoms with Gasteiger partial charge in [0.15, 0.2) is 5.82 Å². The van der Waals surface area contributed by atoms with Crippen LogP contribution in [-0.4, -0.2) is 48.3 Å². The first kappa shape index (κ1) is 23.1. The summed E-state index contributed by atoms with van der Waals surface area (Å²) in [6.07, 6.45) is 2.64. The van der Waals surface area contributed by atoms with E-state index in [2.05, 4.69) is 59.2 Å². The van der Waals surface area contributed by atoms with Crippen LogP contribution in [0.2, 0.25) is 0 Å².